The first-order valence-corrected chi connectivity index (χ1v) is 11.3. The van der Waals surface area contributed by atoms with Gasteiger partial charge in [0.1, 0.15) is 0 Å². The van der Waals surface area contributed by atoms with Gasteiger partial charge in [-0.3, -0.25) is 9.48 Å². The number of hydrogen-bond donors (Lipinski definition) is 2. The van der Waals surface area contributed by atoms with E-state index in [0.29, 0.717) is 23.1 Å². The smallest absolute Gasteiger partial charge is 0.228 e. The number of nitrogens with zero attached hydrogens (tertiary/aromatic N) is 5. The number of phenolic OH excluding ortho intramolecular Hbond substituents is 1. The minimum absolute atomic E-state index is 0.117. The molecule has 1 saturated heterocycles. The average molecular weight is 451 g/mol. The summed E-state index contributed by atoms with van der Waals surface area (Å²) in [4.78, 5) is 23.4. The molecule has 1 amide bonds. The number of rotatable bonds is 5. The first kappa shape index (κ1) is 21.4. The highest BCUT2D eigenvalue weighted by atomic mass is 19.1. The van der Waals surface area contributed by atoms with Crippen LogP contribution in [-0.4, -0.2) is 48.8 Å². The van der Waals surface area contributed by atoms with Crippen LogP contribution in [0.5, 0.6) is 5.75 Å². The van der Waals surface area contributed by atoms with Crippen LogP contribution in [0.1, 0.15) is 44.2 Å². The molecule has 1 saturated carbocycles. The van der Waals surface area contributed by atoms with Crippen molar-refractivity contribution in [3.63, 3.8) is 0 Å². The molecule has 33 heavy (non-hydrogen) atoms. The van der Waals surface area contributed by atoms with Crippen molar-refractivity contribution in [2.24, 2.45) is 5.41 Å². The largest absolute Gasteiger partial charge is 0.505 e. The number of benzene rings is 1. The third-order valence-electron chi connectivity index (χ3n) is 6.69. The molecule has 0 atom stereocenters. The number of carbonyl (C=O) groups is 1. The topological polar surface area (TPSA) is 96.2 Å². The summed E-state index contributed by atoms with van der Waals surface area (Å²) < 4.78 is 15.7. The van der Waals surface area contributed by atoms with Crippen molar-refractivity contribution in [2.45, 2.75) is 45.6 Å². The van der Waals surface area contributed by atoms with Crippen molar-refractivity contribution in [1.29, 1.82) is 0 Å². The molecule has 8 nitrogen and oxygen atoms in total. The molecule has 9 heteroatoms. The maximum absolute atomic E-state index is 13.8. The minimum Gasteiger partial charge on any atom is -0.505 e. The summed E-state index contributed by atoms with van der Waals surface area (Å²) in [6, 6.07) is 4.43. The first-order valence-electron chi connectivity index (χ1n) is 11.3. The fourth-order valence-electron chi connectivity index (χ4n) is 4.30. The Labute approximate surface area is 191 Å². The summed E-state index contributed by atoms with van der Waals surface area (Å²) >= 11 is 0. The Kier molecular flexibility index (Phi) is 5.26. The number of likely N-dealkylation sites (tertiary alicyclic amines) is 1. The van der Waals surface area contributed by atoms with Crippen LogP contribution < -0.4 is 5.32 Å². The van der Waals surface area contributed by atoms with E-state index in [9.17, 15) is 14.3 Å². The molecule has 0 radical (unpaired) electrons. The molecule has 2 fully saturated rings. The number of piperidine rings is 1. The number of aromatic nitrogens is 4. The van der Waals surface area contributed by atoms with E-state index in [1.807, 2.05) is 22.7 Å². The monoisotopic (exact) mass is 450 g/mol. The predicted octanol–water partition coefficient (Wildman–Crippen LogP) is 4.20. The molecule has 172 valence electrons. The van der Waals surface area contributed by atoms with Gasteiger partial charge in [0.05, 0.1) is 23.6 Å². The molecule has 2 N–H and O–H groups in total. The Bertz CT molecular complexity index is 1200. The van der Waals surface area contributed by atoms with Crippen LogP contribution in [0.3, 0.4) is 0 Å². The Balaban J connectivity index is 1.26. The lowest BCUT2D eigenvalue weighted by Gasteiger charge is -2.33. The van der Waals surface area contributed by atoms with E-state index < -0.39 is 11.6 Å². The molecule has 5 rings (SSSR count). The number of anilines is 2. The number of aryl methyl sites for hydroxylation is 1. The summed E-state index contributed by atoms with van der Waals surface area (Å²) in [5.41, 5.74) is 2.58. The number of phenols is 1. The van der Waals surface area contributed by atoms with Gasteiger partial charge in [0.2, 0.25) is 11.9 Å². The Morgan fingerprint density at radius 2 is 2.00 bits per heavy atom. The first-order chi connectivity index (χ1) is 15.8. The van der Waals surface area contributed by atoms with E-state index in [-0.39, 0.29) is 11.5 Å². The summed E-state index contributed by atoms with van der Waals surface area (Å²) in [7, 11) is 0. The van der Waals surface area contributed by atoms with Crippen LogP contribution in [0.25, 0.3) is 11.3 Å². The molecule has 0 spiro atoms. The van der Waals surface area contributed by atoms with Crippen molar-refractivity contribution < 1.29 is 14.3 Å². The third-order valence-corrected chi connectivity index (χ3v) is 6.69. The fraction of sp³-hybridized carbons (Fsp3) is 0.417. The maximum atomic E-state index is 13.8. The van der Waals surface area contributed by atoms with Crippen LogP contribution in [0.2, 0.25) is 0 Å². The van der Waals surface area contributed by atoms with Crippen molar-refractivity contribution in [2.75, 3.05) is 18.4 Å². The second-order valence-electron chi connectivity index (χ2n) is 9.31. The second-order valence-corrected chi connectivity index (χ2v) is 9.31. The van der Waals surface area contributed by atoms with Gasteiger partial charge in [0, 0.05) is 36.5 Å². The van der Waals surface area contributed by atoms with Gasteiger partial charge >= 0.3 is 0 Å². The van der Waals surface area contributed by atoms with Gasteiger partial charge in [-0.05, 0) is 56.4 Å². The van der Waals surface area contributed by atoms with Gasteiger partial charge in [-0.25, -0.2) is 14.4 Å². The Hall–Kier alpha value is -3.49. The van der Waals surface area contributed by atoms with Crippen LogP contribution in [0.15, 0.2) is 36.8 Å². The highest BCUT2D eigenvalue weighted by molar-refractivity contribution is 5.85. The number of hydrogen-bond acceptors (Lipinski definition) is 6. The van der Waals surface area contributed by atoms with Crippen LogP contribution in [0, 0.1) is 18.2 Å². The van der Waals surface area contributed by atoms with E-state index in [0.717, 1.165) is 50.0 Å². The number of carbonyl (C=O) groups excluding carboxylic acids is 1. The fourth-order valence-corrected chi connectivity index (χ4v) is 4.30. The lowest BCUT2D eigenvalue weighted by atomic mass is 10.0. The van der Waals surface area contributed by atoms with E-state index in [2.05, 4.69) is 27.3 Å². The van der Waals surface area contributed by atoms with Gasteiger partial charge in [-0.2, -0.15) is 5.10 Å². The third kappa shape index (κ3) is 4.27. The molecular weight excluding hydrogens is 423 g/mol. The minimum atomic E-state index is -0.694. The van der Waals surface area contributed by atoms with Crippen molar-refractivity contribution >= 4 is 17.5 Å². The Morgan fingerprint density at radius 1 is 1.24 bits per heavy atom. The standard InChI is InChI=1S/C24H27FN6O2/c1-15-12-26-23(29-21(15)16-3-4-20(32)19(25)11-16)28-17-13-27-31(14-17)18-5-9-30(10-6-18)22(33)24(2)7-8-24/h3-4,11-14,18,32H,5-10H2,1-2H3,(H,26,28,29). The van der Waals surface area contributed by atoms with E-state index in [4.69, 9.17) is 0 Å². The zero-order valence-corrected chi connectivity index (χ0v) is 18.8. The maximum Gasteiger partial charge on any atom is 0.228 e. The van der Waals surface area contributed by atoms with Gasteiger partial charge in [0.15, 0.2) is 11.6 Å². The zero-order valence-electron chi connectivity index (χ0n) is 18.8. The van der Waals surface area contributed by atoms with Crippen molar-refractivity contribution in [3.05, 3.63) is 48.2 Å². The molecular formula is C24H27FN6O2. The zero-order chi connectivity index (χ0) is 23.2. The number of amides is 1. The second kappa shape index (κ2) is 8.13. The Morgan fingerprint density at radius 3 is 2.70 bits per heavy atom. The molecule has 2 aliphatic rings. The molecule has 3 aromatic rings. The summed E-state index contributed by atoms with van der Waals surface area (Å²) in [6.07, 6.45) is 9.09. The van der Waals surface area contributed by atoms with Crippen LogP contribution in [-0.2, 0) is 4.79 Å². The molecule has 3 heterocycles. The molecule has 1 aromatic carbocycles. The SMILES string of the molecule is Cc1cnc(Nc2cnn(C3CCN(C(=O)C4(C)CC4)CC3)c2)nc1-c1ccc(O)c(F)c1. The van der Waals surface area contributed by atoms with Gasteiger partial charge in [0.25, 0.3) is 0 Å². The molecule has 2 aromatic heterocycles. The van der Waals surface area contributed by atoms with E-state index in [1.165, 1.54) is 12.1 Å². The van der Waals surface area contributed by atoms with E-state index in [1.54, 1.807) is 18.5 Å². The van der Waals surface area contributed by atoms with Crippen LogP contribution >= 0.6 is 0 Å². The summed E-state index contributed by atoms with van der Waals surface area (Å²) in [6.45, 7) is 5.43. The summed E-state index contributed by atoms with van der Waals surface area (Å²) in [5, 5.41) is 17.1. The molecule has 1 aliphatic carbocycles. The lowest BCUT2D eigenvalue weighted by molar-refractivity contribution is -0.137. The van der Waals surface area contributed by atoms with Crippen LogP contribution in [0.4, 0.5) is 16.0 Å². The molecule has 0 unspecified atom stereocenters. The van der Waals surface area contributed by atoms with Gasteiger partial charge in [-0.15, -0.1) is 0 Å². The molecule has 1 aliphatic heterocycles. The highest BCUT2D eigenvalue weighted by Gasteiger charge is 2.47. The average Bonchev–Trinajstić information content (AvgIpc) is 3.40. The highest BCUT2D eigenvalue weighted by Crippen LogP contribution is 2.47. The lowest BCUT2D eigenvalue weighted by Crippen LogP contribution is -2.42. The van der Waals surface area contributed by atoms with Crippen molar-refractivity contribution in [3.8, 4) is 17.0 Å². The normalized spacial score (nSPS) is 17.7. The van der Waals surface area contributed by atoms with Gasteiger partial charge in [-0.1, -0.05) is 6.92 Å². The quantitative estimate of drug-likeness (QED) is 0.605. The number of halogens is 1. The molecule has 0 bridgehead atoms. The predicted molar refractivity (Wildman–Crippen MR) is 122 cm³/mol. The van der Waals surface area contributed by atoms with Crippen molar-refractivity contribution in [1.82, 2.24) is 24.6 Å². The number of aromatic hydroxyl groups is 1. The number of nitrogens with one attached hydrogen (secondary N) is 1. The summed E-state index contributed by atoms with van der Waals surface area (Å²) in [5.74, 6) is -0.417. The van der Waals surface area contributed by atoms with E-state index >= 15 is 0 Å². The van der Waals surface area contributed by atoms with Gasteiger partial charge < -0.3 is 15.3 Å².